The lowest BCUT2D eigenvalue weighted by Gasteiger charge is -2.32. The average Bonchev–Trinajstić information content (AvgIpc) is 3.20. The maximum atomic E-state index is 4.67. The molecule has 0 aliphatic heterocycles. The molecule has 2 atom stereocenters. The van der Waals surface area contributed by atoms with Crippen LogP contribution in [0.4, 0.5) is 0 Å². The Kier molecular flexibility index (Phi) is 3.15. The van der Waals surface area contributed by atoms with E-state index in [0.717, 1.165) is 12.5 Å². The lowest BCUT2D eigenvalue weighted by Crippen LogP contribution is -2.38. The van der Waals surface area contributed by atoms with Gasteiger partial charge in [-0.1, -0.05) is 13.0 Å². The topological polar surface area (TPSA) is 24.9 Å². The maximum absolute atomic E-state index is 4.67. The molecule has 1 aromatic heterocycles. The van der Waals surface area contributed by atoms with E-state index in [0.29, 0.717) is 12.0 Å². The van der Waals surface area contributed by atoms with E-state index in [1.807, 2.05) is 6.20 Å². The number of pyridine rings is 1. The molecular weight excluding hydrogens is 208 g/mol. The van der Waals surface area contributed by atoms with Crippen LogP contribution in [0.5, 0.6) is 0 Å². The third kappa shape index (κ3) is 2.23. The summed E-state index contributed by atoms with van der Waals surface area (Å²) >= 11 is 0. The second-order valence-corrected chi connectivity index (χ2v) is 5.47. The molecule has 0 saturated heterocycles. The Labute approximate surface area is 104 Å². The highest BCUT2D eigenvalue weighted by Crippen LogP contribution is 2.42. The minimum Gasteiger partial charge on any atom is -0.313 e. The first-order valence-corrected chi connectivity index (χ1v) is 7.07. The fourth-order valence-electron chi connectivity index (χ4n) is 3.32. The molecule has 0 radical (unpaired) electrons. The Morgan fingerprint density at radius 2 is 2.29 bits per heavy atom. The Morgan fingerprint density at radius 1 is 1.41 bits per heavy atom. The molecule has 1 N–H and O–H groups in total. The van der Waals surface area contributed by atoms with E-state index in [9.17, 15) is 0 Å². The molecular formula is C15H22N2. The summed E-state index contributed by atoms with van der Waals surface area (Å²) in [6.45, 7) is 3.30. The summed E-state index contributed by atoms with van der Waals surface area (Å²) in [6, 6.07) is 5.03. The van der Waals surface area contributed by atoms with Crippen molar-refractivity contribution in [2.75, 3.05) is 6.54 Å². The van der Waals surface area contributed by atoms with Crippen LogP contribution in [0.2, 0.25) is 0 Å². The number of nitrogens with one attached hydrogen (secondary N) is 1. The molecule has 3 rings (SSSR count). The highest BCUT2D eigenvalue weighted by atomic mass is 14.9. The van der Waals surface area contributed by atoms with Gasteiger partial charge in [-0.2, -0.15) is 0 Å². The summed E-state index contributed by atoms with van der Waals surface area (Å²) < 4.78 is 0. The van der Waals surface area contributed by atoms with E-state index in [4.69, 9.17) is 0 Å². The number of fused-ring (bicyclic) bond motifs is 1. The first kappa shape index (κ1) is 11.2. The summed E-state index contributed by atoms with van der Waals surface area (Å²) in [4.78, 5) is 4.67. The summed E-state index contributed by atoms with van der Waals surface area (Å²) in [5.41, 5.74) is 2.88. The van der Waals surface area contributed by atoms with Gasteiger partial charge in [-0.05, 0) is 56.2 Å². The fourth-order valence-corrected chi connectivity index (χ4v) is 3.32. The van der Waals surface area contributed by atoms with Crippen LogP contribution in [0.25, 0.3) is 0 Å². The molecule has 2 nitrogen and oxygen atoms in total. The van der Waals surface area contributed by atoms with Crippen molar-refractivity contribution in [3.63, 3.8) is 0 Å². The molecule has 0 spiro atoms. The molecule has 1 heterocycles. The number of hydrogen-bond acceptors (Lipinski definition) is 2. The Balaban J connectivity index is 1.87. The van der Waals surface area contributed by atoms with Gasteiger partial charge < -0.3 is 5.32 Å². The minimum atomic E-state index is 0.660. The molecule has 1 fully saturated rings. The summed E-state index contributed by atoms with van der Waals surface area (Å²) in [6.07, 6.45) is 8.67. The van der Waals surface area contributed by atoms with Crippen LogP contribution in [0, 0.1) is 5.92 Å². The highest BCUT2D eigenvalue weighted by molar-refractivity contribution is 5.28. The van der Waals surface area contributed by atoms with E-state index in [1.54, 1.807) is 0 Å². The molecule has 17 heavy (non-hydrogen) atoms. The van der Waals surface area contributed by atoms with Crippen LogP contribution < -0.4 is 5.32 Å². The van der Waals surface area contributed by atoms with E-state index in [-0.39, 0.29) is 0 Å². The molecule has 1 aromatic rings. The van der Waals surface area contributed by atoms with Gasteiger partial charge in [-0.25, -0.2) is 0 Å². The highest BCUT2D eigenvalue weighted by Gasteiger charge is 2.38. The van der Waals surface area contributed by atoms with Crippen molar-refractivity contribution in [1.82, 2.24) is 10.3 Å². The molecule has 2 unspecified atom stereocenters. The van der Waals surface area contributed by atoms with Gasteiger partial charge in [0, 0.05) is 23.9 Å². The van der Waals surface area contributed by atoms with E-state index in [2.05, 4.69) is 29.4 Å². The predicted molar refractivity (Wildman–Crippen MR) is 70.1 cm³/mol. The summed E-state index contributed by atoms with van der Waals surface area (Å²) in [5.74, 6) is 1.57. The number of aromatic nitrogens is 1. The van der Waals surface area contributed by atoms with Gasteiger partial charge in [0.1, 0.15) is 0 Å². The van der Waals surface area contributed by atoms with Gasteiger partial charge in [0.25, 0.3) is 0 Å². The van der Waals surface area contributed by atoms with Gasteiger partial charge >= 0.3 is 0 Å². The standard InChI is InChI=1S/C15H22N2/c1-2-16-14(12-8-9-12)13-7-3-5-11-6-4-10-17-15(11)13/h4,6,10,12-14,16H,2-3,5,7-9H2,1H3. The second-order valence-electron chi connectivity index (χ2n) is 5.47. The number of likely N-dealkylation sites (N-methyl/N-ethyl adjacent to an activating group) is 1. The van der Waals surface area contributed by atoms with Crippen LogP contribution in [0.15, 0.2) is 18.3 Å². The van der Waals surface area contributed by atoms with Gasteiger partial charge in [-0.3, -0.25) is 4.98 Å². The second kappa shape index (κ2) is 4.77. The molecule has 2 aliphatic rings. The van der Waals surface area contributed by atoms with Crippen LogP contribution >= 0.6 is 0 Å². The number of rotatable bonds is 4. The molecule has 2 aliphatic carbocycles. The average molecular weight is 230 g/mol. The van der Waals surface area contributed by atoms with Crippen molar-refractivity contribution >= 4 is 0 Å². The number of hydrogen-bond donors (Lipinski definition) is 1. The SMILES string of the molecule is CCNC(C1CC1)C1CCCc2cccnc21. The van der Waals surface area contributed by atoms with Gasteiger partial charge in [0.2, 0.25) is 0 Å². The normalized spacial score (nSPS) is 25.4. The monoisotopic (exact) mass is 230 g/mol. The van der Waals surface area contributed by atoms with Crippen LogP contribution in [-0.2, 0) is 6.42 Å². The number of aryl methyl sites for hydroxylation is 1. The van der Waals surface area contributed by atoms with Crippen molar-refractivity contribution < 1.29 is 0 Å². The van der Waals surface area contributed by atoms with Gasteiger partial charge in [0.05, 0.1) is 0 Å². The zero-order valence-corrected chi connectivity index (χ0v) is 10.7. The molecule has 0 bridgehead atoms. The first-order chi connectivity index (χ1) is 8.40. The summed E-state index contributed by atoms with van der Waals surface area (Å²) in [5, 5.41) is 3.72. The zero-order valence-electron chi connectivity index (χ0n) is 10.7. The van der Waals surface area contributed by atoms with Crippen molar-refractivity contribution in [2.45, 2.75) is 51.0 Å². The van der Waals surface area contributed by atoms with Crippen molar-refractivity contribution in [3.8, 4) is 0 Å². The van der Waals surface area contributed by atoms with E-state index >= 15 is 0 Å². The molecule has 92 valence electrons. The fraction of sp³-hybridized carbons (Fsp3) is 0.667. The van der Waals surface area contributed by atoms with Gasteiger partial charge in [0.15, 0.2) is 0 Å². The third-order valence-corrected chi connectivity index (χ3v) is 4.24. The lowest BCUT2D eigenvalue weighted by atomic mass is 9.80. The van der Waals surface area contributed by atoms with Crippen LogP contribution in [0.3, 0.4) is 0 Å². The van der Waals surface area contributed by atoms with E-state index < -0.39 is 0 Å². The molecule has 2 heteroatoms. The smallest absolute Gasteiger partial charge is 0.0482 e. The molecule has 1 saturated carbocycles. The van der Waals surface area contributed by atoms with Crippen LogP contribution in [-0.4, -0.2) is 17.6 Å². The van der Waals surface area contributed by atoms with Gasteiger partial charge in [-0.15, -0.1) is 0 Å². The molecule has 0 amide bonds. The first-order valence-electron chi connectivity index (χ1n) is 7.07. The Morgan fingerprint density at radius 3 is 3.06 bits per heavy atom. The zero-order chi connectivity index (χ0) is 11.7. The van der Waals surface area contributed by atoms with Crippen molar-refractivity contribution in [1.29, 1.82) is 0 Å². The molecule has 0 aromatic carbocycles. The Bertz CT molecular complexity index is 384. The largest absolute Gasteiger partial charge is 0.313 e. The van der Waals surface area contributed by atoms with Crippen molar-refractivity contribution in [2.24, 2.45) is 5.92 Å². The lowest BCUT2D eigenvalue weighted by molar-refractivity contribution is 0.358. The Hall–Kier alpha value is -0.890. The third-order valence-electron chi connectivity index (χ3n) is 4.24. The van der Waals surface area contributed by atoms with Crippen LogP contribution in [0.1, 0.15) is 49.8 Å². The van der Waals surface area contributed by atoms with E-state index in [1.165, 1.54) is 43.4 Å². The quantitative estimate of drug-likeness (QED) is 0.860. The minimum absolute atomic E-state index is 0.660. The number of nitrogens with zero attached hydrogens (tertiary/aromatic N) is 1. The maximum Gasteiger partial charge on any atom is 0.0482 e. The van der Waals surface area contributed by atoms with Crippen molar-refractivity contribution in [3.05, 3.63) is 29.6 Å². The summed E-state index contributed by atoms with van der Waals surface area (Å²) in [7, 11) is 0. The predicted octanol–water partition coefficient (Wildman–Crippen LogP) is 2.89.